The highest BCUT2D eigenvalue weighted by Crippen LogP contribution is 2.38. The monoisotopic (exact) mass is 407 g/mol. The summed E-state index contributed by atoms with van der Waals surface area (Å²) in [7, 11) is 0. The van der Waals surface area contributed by atoms with Gasteiger partial charge in [0.15, 0.2) is 0 Å². The van der Waals surface area contributed by atoms with Crippen LogP contribution in [0.5, 0.6) is 0 Å². The Balaban J connectivity index is 1.64. The van der Waals surface area contributed by atoms with Crippen LogP contribution in [0.25, 0.3) is 11.1 Å². The maximum Gasteiger partial charge on any atom is 0.123 e. The zero-order valence-corrected chi connectivity index (χ0v) is 17.0. The maximum atomic E-state index is 14.1. The van der Waals surface area contributed by atoms with Crippen molar-refractivity contribution in [2.24, 2.45) is 17.0 Å². The van der Waals surface area contributed by atoms with E-state index in [-0.39, 0.29) is 11.7 Å². The number of aromatic nitrogens is 1. The fraction of sp³-hybridized carbons (Fsp3) is 0.391. The Morgan fingerprint density at radius 2 is 2.13 bits per heavy atom. The summed E-state index contributed by atoms with van der Waals surface area (Å²) in [5, 5.41) is 24.3. The lowest BCUT2D eigenvalue weighted by Gasteiger charge is -2.32. The highest BCUT2D eigenvalue weighted by Gasteiger charge is 2.35. The highest BCUT2D eigenvalue weighted by molar-refractivity contribution is 6.23. The quantitative estimate of drug-likeness (QED) is 0.498. The van der Waals surface area contributed by atoms with Crippen molar-refractivity contribution in [2.75, 3.05) is 19.7 Å². The molecule has 0 spiro atoms. The number of pyridine rings is 1. The molecule has 6 nitrogen and oxygen atoms in total. The van der Waals surface area contributed by atoms with Gasteiger partial charge in [0.2, 0.25) is 0 Å². The first-order valence-corrected chi connectivity index (χ1v) is 10.2. The molecule has 1 saturated heterocycles. The molecule has 1 saturated carbocycles. The molecule has 30 heavy (non-hydrogen) atoms. The van der Waals surface area contributed by atoms with E-state index >= 15 is 0 Å². The van der Waals surface area contributed by atoms with Gasteiger partial charge in [-0.05, 0) is 55.0 Å². The number of hydrogen-bond donors (Lipinski definition) is 3. The van der Waals surface area contributed by atoms with Crippen molar-refractivity contribution in [1.29, 1.82) is 10.8 Å². The molecule has 2 fully saturated rings. The van der Waals surface area contributed by atoms with Crippen molar-refractivity contribution in [2.45, 2.75) is 25.7 Å². The minimum Gasteiger partial charge on any atom is -0.395 e. The molecule has 7 heteroatoms. The average Bonchev–Trinajstić information content (AvgIpc) is 2.69. The van der Waals surface area contributed by atoms with E-state index in [4.69, 9.17) is 15.7 Å². The number of benzene rings is 1. The molecule has 2 unspecified atom stereocenters. The van der Waals surface area contributed by atoms with Crippen molar-refractivity contribution in [1.82, 2.24) is 10.3 Å². The SMILES string of the molecule is CC(=N)C1C(=N)CC(c2ccc(F)cc2-c2cccnc2)CC1=NOCC1CNC1. The Morgan fingerprint density at radius 3 is 2.80 bits per heavy atom. The van der Waals surface area contributed by atoms with Crippen LogP contribution in [0.2, 0.25) is 0 Å². The summed E-state index contributed by atoms with van der Waals surface area (Å²) in [5.74, 6) is -0.287. The lowest BCUT2D eigenvalue weighted by Crippen LogP contribution is -2.44. The Labute approximate surface area is 175 Å². The molecule has 156 valence electrons. The predicted octanol–water partition coefficient (Wildman–Crippen LogP) is 4.03. The van der Waals surface area contributed by atoms with E-state index < -0.39 is 5.92 Å². The number of nitrogens with zero attached hydrogens (tertiary/aromatic N) is 2. The second-order valence-electron chi connectivity index (χ2n) is 8.12. The fourth-order valence-electron chi connectivity index (χ4n) is 4.20. The standard InChI is InChI=1S/C23H26FN5O/c1-14(25)23-21(26)7-17(8-22(23)29-30-13-15-10-28-11-15)19-5-4-18(24)9-20(19)16-3-2-6-27-12-16/h2-6,9,12,15,17,23,25-26,28H,7-8,10-11,13H2,1H3. The maximum absolute atomic E-state index is 14.1. The molecule has 0 amide bonds. The molecule has 4 rings (SSSR count). The summed E-state index contributed by atoms with van der Waals surface area (Å²) in [6.07, 6.45) is 4.49. The van der Waals surface area contributed by atoms with Crippen LogP contribution in [0.3, 0.4) is 0 Å². The first-order valence-electron chi connectivity index (χ1n) is 10.2. The van der Waals surface area contributed by atoms with Crippen LogP contribution < -0.4 is 5.32 Å². The molecule has 0 radical (unpaired) electrons. The number of hydrogen-bond acceptors (Lipinski definition) is 6. The van der Waals surface area contributed by atoms with Crippen LogP contribution in [-0.4, -0.2) is 41.8 Å². The second-order valence-corrected chi connectivity index (χ2v) is 8.12. The summed E-state index contributed by atoms with van der Waals surface area (Å²) >= 11 is 0. The molecule has 3 N–H and O–H groups in total. The van der Waals surface area contributed by atoms with Crippen molar-refractivity contribution >= 4 is 17.1 Å². The summed E-state index contributed by atoms with van der Waals surface area (Å²) in [6.45, 7) is 4.11. The van der Waals surface area contributed by atoms with Gasteiger partial charge in [-0.15, -0.1) is 0 Å². The largest absolute Gasteiger partial charge is 0.395 e. The van der Waals surface area contributed by atoms with E-state index in [2.05, 4.69) is 15.5 Å². The Bertz CT molecular complexity index is 971. The lowest BCUT2D eigenvalue weighted by atomic mass is 9.73. The van der Waals surface area contributed by atoms with Gasteiger partial charge >= 0.3 is 0 Å². The molecular weight excluding hydrogens is 381 g/mol. The molecule has 2 atom stereocenters. The van der Waals surface area contributed by atoms with Crippen LogP contribution in [0.15, 0.2) is 47.9 Å². The van der Waals surface area contributed by atoms with Gasteiger partial charge in [0.05, 0.1) is 11.6 Å². The van der Waals surface area contributed by atoms with E-state index in [0.717, 1.165) is 29.8 Å². The number of halogens is 1. The average molecular weight is 407 g/mol. The number of oxime groups is 1. The van der Waals surface area contributed by atoms with Gasteiger partial charge < -0.3 is 21.0 Å². The molecule has 0 bridgehead atoms. The number of rotatable bonds is 6. The van der Waals surface area contributed by atoms with Crippen molar-refractivity contribution in [3.63, 3.8) is 0 Å². The summed E-state index contributed by atoms with van der Waals surface area (Å²) < 4.78 is 14.1. The van der Waals surface area contributed by atoms with Crippen LogP contribution in [0.1, 0.15) is 31.2 Å². The van der Waals surface area contributed by atoms with E-state index in [1.807, 2.05) is 12.1 Å². The third kappa shape index (κ3) is 4.31. The normalized spacial score (nSPS) is 23.3. The van der Waals surface area contributed by atoms with Gasteiger partial charge in [0.1, 0.15) is 12.4 Å². The van der Waals surface area contributed by atoms with Gasteiger partial charge in [-0.2, -0.15) is 0 Å². The van der Waals surface area contributed by atoms with E-state index in [1.54, 1.807) is 25.4 Å². The van der Waals surface area contributed by atoms with E-state index in [9.17, 15) is 4.39 Å². The molecule has 2 aliphatic rings. The topological polar surface area (TPSA) is 94.2 Å². The molecule has 1 aliphatic heterocycles. The van der Waals surface area contributed by atoms with Crippen LogP contribution >= 0.6 is 0 Å². The third-order valence-electron chi connectivity index (χ3n) is 5.82. The van der Waals surface area contributed by atoms with Crippen LogP contribution in [0.4, 0.5) is 4.39 Å². The summed E-state index contributed by atoms with van der Waals surface area (Å²) in [4.78, 5) is 9.78. The minimum atomic E-state index is -0.414. The smallest absolute Gasteiger partial charge is 0.123 e. The van der Waals surface area contributed by atoms with Gasteiger partial charge in [-0.25, -0.2) is 4.39 Å². The van der Waals surface area contributed by atoms with Gasteiger partial charge in [-0.3, -0.25) is 4.98 Å². The zero-order valence-electron chi connectivity index (χ0n) is 17.0. The first kappa shape index (κ1) is 20.3. The first-order chi connectivity index (χ1) is 14.5. The molecular formula is C23H26FN5O. The molecule has 1 aliphatic carbocycles. The van der Waals surface area contributed by atoms with Crippen LogP contribution in [0, 0.1) is 28.5 Å². The van der Waals surface area contributed by atoms with Crippen molar-refractivity contribution < 1.29 is 9.23 Å². The fourth-order valence-corrected chi connectivity index (χ4v) is 4.20. The minimum absolute atomic E-state index is 0.0309. The van der Waals surface area contributed by atoms with Gasteiger partial charge in [0.25, 0.3) is 0 Å². The number of nitrogens with one attached hydrogen (secondary N) is 3. The highest BCUT2D eigenvalue weighted by atomic mass is 19.1. The molecule has 1 aromatic carbocycles. The third-order valence-corrected chi connectivity index (χ3v) is 5.82. The molecule has 2 aromatic rings. The molecule has 2 heterocycles. The lowest BCUT2D eigenvalue weighted by molar-refractivity contribution is 0.0849. The van der Waals surface area contributed by atoms with Gasteiger partial charge in [0, 0.05) is 48.4 Å². The van der Waals surface area contributed by atoms with Crippen molar-refractivity contribution in [3.05, 3.63) is 54.1 Å². The second kappa shape index (κ2) is 8.83. The van der Waals surface area contributed by atoms with E-state index in [1.165, 1.54) is 12.1 Å². The molecule has 1 aromatic heterocycles. The summed E-state index contributed by atoms with van der Waals surface area (Å²) in [6, 6.07) is 8.53. The zero-order chi connectivity index (χ0) is 21.1. The van der Waals surface area contributed by atoms with Crippen molar-refractivity contribution in [3.8, 4) is 11.1 Å². The van der Waals surface area contributed by atoms with E-state index in [0.29, 0.717) is 42.5 Å². The predicted molar refractivity (Wildman–Crippen MR) is 116 cm³/mol. The van der Waals surface area contributed by atoms with Gasteiger partial charge in [-0.1, -0.05) is 17.3 Å². The van der Waals surface area contributed by atoms with Crippen LogP contribution in [-0.2, 0) is 4.84 Å². The summed E-state index contributed by atoms with van der Waals surface area (Å²) in [5.41, 5.74) is 4.15. The Kier molecular flexibility index (Phi) is 5.99. The Morgan fingerprint density at radius 1 is 1.30 bits per heavy atom. The Hall–Kier alpha value is -2.93.